The Bertz CT molecular complexity index is 13.5. The SMILES string of the molecule is C=CBr.[CaH2]. The van der Waals surface area contributed by atoms with Crippen LogP contribution in [0.4, 0.5) is 0 Å². The van der Waals surface area contributed by atoms with Crippen LogP contribution in [0.1, 0.15) is 0 Å². The van der Waals surface area contributed by atoms with Gasteiger partial charge in [0.2, 0.25) is 0 Å². The first-order valence-electron chi connectivity index (χ1n) is 0.626. The minimum absolute atomic E-state index is 0. The topological polar surface area (TPSA) is 0 Å². The summed E-state index contributed by atoms with van der Waals surface area (Å²) in [6.45, 7) is 3.28. The van der Waals surface area contributed by atoms with Crippen molar-refractivity contribution in [1.29, 1.82) is 0 Å². The molecule has 22 valence electrons. The van der Waals surface area contributed by atoms with E-state index in [1.165, 1.54) is 0 Å². The fourth-order valence-corrected chi connectivity index (χ4v) is 0. The molecule has 0 aliphatic carbocycles. The molecule has 0 N–H and O–H groups in total. The third kappa shape index (κ3) is 9.77. The van der Waals surface area contributed by atoms with Crippen LogP contribution in [0.2, 0.25) is 0 Å². The number of hydrogen-bond donors (Lipinski definition) is 0. The third-order valence-corrected chi connectivity index (χ3v) is 0. The number of hydrogen-bond acceptors (Lipinski definition) is 0. The van der Waals surface area contributed by atoms with Gasteiger partial charge in [-0.3, -0.25) is 0 Å². The van der Waals surface area contributed by atoms with Gasteiger partial charge in [0.15, 0.2) is 0 Å². The van der Waals surface area contributed by atoms with E-state index in [4.69, 9.17) is 0 Å². The first-order chi connectivity index (χ1) is 1.41. The molecule has 0 nitrogen and oxygen atoms in total. The van der Waals surface area contributed by atoms with Crippen molar-refractivity contribution in [2.75, 3.05) is 0 Å². The van der Waals surface area contributed by atoms with Crippen molar-refractivity contribution in [2.45, 2.75) is 0 Å². The number of rotatable bonds is 0. The van der Waals surface area contributed by atoms with Crippen LogP contribution in [0.25, 0.3) is 0 Å². The molecule has 0 aromatic rings. The zero-order chi connectivity index (χ0) is 2.71. The Morgan fingerprint density at radius 1 is 1.75 bits per heavy atom. The summed E-state index contributed by atoms with van der Waals surface area (Å²) in [5, 5.41) is 0. The molecule has 0 saturated heterocycles. The summed E-state index contributed by atoms with van der Waals surface area (Å²) in [6, 6.07) is 0. The average molecular weight is 149 g/mol. The molecule has 0 aromatic carbocycles. The molecule has 2 heteroatoms. The second kappa shape index (κ2) is 8.82. The standard InChI is InChI=1S/C2H3Br.Ca.2H/c1-2-3;;;/h2H,1H2;;;. The molecule has 0 bridgehead atoms. The molecular weight excluding hydrogens is 144 g/mol. The first-order valence-corrected chi connectivity index (χ1v) is 1.54. The predicted octanol–water partition coefficient (Wildman–Crippen LogP) is 0.609. The molecule has 0 aliphatic rings. The Balaban J connectivity index is 0. The molecule has 0 radical (unpaired) electrons. The van der Waals surface area contributed by atoms with Crippen LogP contribution in [-0.4, -0.2) is 37.7 Å². The van der Waals surface area contributed by atoms with Gasteiger partial charge in [-0.25, -0.2) is 0 Å². The van der Waals surface area contributed by atoms with E-state index >= 15 is 0 Å². The Hall–Kier alpha value is 1.48. The monoisotopic (exact) mass is 148 g/mol. The van der Waals surface area contributed by atoms with E-state index in [2.05, 4.69) is 22.5 Å². The van der Waals surface area contributed by atoms with E-state index in [9.17, 15) is 0 Å². The van der Waals surface area contributed by atoms with Crippen molar-refractivity contribution >= 4 is 53.7 Å². The van der Waals surface area contributed by atoms with Gasteiger partial charge in [0.05, 0.1) is 0 Å². The zero-order valence-corrected chi connectivity index (χ0v) is 3.25. The minimum atomic E-state index is 0. The Labute approximate surface area is 64.4 Å². The van der Waals surface area contributed by atoms with E-state index < -0.39 is 0 Å². The molecule has 0 aliphatic heterocycles. The van der Waals surface area contributed by atoms with E-state index in [-0.39, 0.29) is 37.7 Å². The second-order valence-electron chi connectivity index (χ2n) is 0.154. The van der Waals surface area contributed by atoms with Crippen LogP contribution < -0.4 is 0 Å². The quantitative estimate of drug-likeness (QED) is 0.442. The third-order valence-electron chi connectivity index (χ3n) is 0. The van der Waals surface area contributed by atoms with Crippen molar-refractivity contribution in [1.82, 2.24) is 0 Å². The summed E-state index contributed by atoms with van der Waals surface area (Å²) in [5.41, 5.74) is 0. The molecule has 0 spiro atoms. The first kappa shape index (κ1) is 9.08. The van der Waals surface area contributed by atoms with Crippen molar-refractivity contribution in [3.05, 3.63) is 11.6 Å². The summed E-state index contributed by atoms with van der Waals surface area (Å²) in [6.07, 6.45) is 0. The summed E-state index contributed by atoms with van der Waals surface area (Å²) in [7, 11) is 0. The molecule has 0 heterocycles. The molecule has 0 saturated carbocycles. The van der Waals surface area contributed by atoms with Crippen LogP contribution >= 0.6 is 15.9 Å². The normalized spacial score (nSPS) is 3.25. The van der Waals surface area contributed by atoms with Crippen molar-refractivity contribution in [3.8, 4) is 0 Å². The fourth-order valence-electron chi connectivity index (χ4n) is 0. The maximum absolute atomic E-state index is 3.28. The second-order valence-corrected chi connectivity index (χ2v) is 0.802. The van der Waals surface area contributed by atoms with Gasteiger partial charge in [-0.15, -0.1) is 0 Å². The summed E-state index contributed by atoms with van der Waals surface area (Å²) < 4.78 is 0. The zero-order valence-electron chi connectivity index (χ0n) is 1.66. The van der Waals surface area contributed by atoms with Crippen LogP contribution in [0.3, 0.4) is 0 Å². The Morgan fingerprint density at radius 2 is 1.75 bits per heavy atom. The molecule has 0 unspecified atom stereocenters. The van der Waals surface area contributed by atoms with E-state index in [0.29, 0.717) is 0 Å². The Kier molecular flexibility index (Phi) is 20.0. The van der Waals surface area contributed by atoms with Crippen LogP contribution in [0.15, 0.2) is 11.6 Å². The van der Waals surface area contributed by atoms with E-state index in [1.807, 2.05) is 0 Å². The molecule has 0 aromatic heterocycles. The molecular formula is C2H5BrCa. The molecule has 0 fully saturated rings. The van der Waals surface area contributed by atoms with Gasteiger partial charge in [-0.05, 0) is 4.99 Å². The molecule has 4 heavy (non-hydrogen) atoms. The van der Waals surface area contributed by atoms with Gasteiger partial charge < -0.3 is 0 Å². The van der Waals surface area contributed by atoms with Gasteiger partial charge >= 0.3 is 37.7 Å². The van der Waals surface area contributed by atoms with Crippen molar-refractivity contribution in [3.63, 3.8) is 0 Å². The van der Waals surface area contributed by atoms with Gasteiger partial charge in [-0.1, -0.05) is 22.5 Å². The number of halogens is 1. The Morgan fingerprint density at radius 3 is 1.75 bits per heavy atom. The van der Waals surface area contributed by atoms with Crippen LogP contribution in [0, 0.1) is 0 Å². The van der Waals surface area contributed by atoms with Gasteiger partial charge in [0, 0.05) is 0 Å². The molecule has 0 rings (SSSR count). The van der Waals surface area contributed by atoms with Gasteiger partial charge in [0.25, 0.3) is 0 Å². The van der Waals surface area contributed by atoms with Crippen LogP contribution in [-0.2, 0) is 0 Å². The molecule has 0 amide bonds. The summed E-state index contributed by atoms with van der Waals surface area (Å²) >= 11 is 2.91. The fraction of sp³-hybridized carbons (Fsp3) is 0. The van der Waals surface area contributed by atoms with Crippen LogP contribution in [0.5, 0.6) is 0 Å². The summed E-state index contributed by atoms with van der Waals surface area (Å²) in [4.78, 5) is 1.56. The molecule has 0 atom stereocenters. The van der Waals surface area contributed by atoms with Gasteiger partial charge in [0.1, 0.15) is 0 Å². The van der Waals surface area contributed by atoms with Crippen molar-refractivity contribution < 1.29 is 0 Å². The van der Waals surface area contributed by atoms with Gasteiger partial charge in [-0.2, -0.15) is 0 Å². The summed E-state index contributed by atoms with van der Waals surface area (Å²) in [5.74, 6) is 0. The maximum atomic E-state index is 3.28. The van der Waals surface area contributed by atoms with E-state index in [1.54, 1.807) is 4.99 Å². The average Bonchev–Trinajstić information content (AvgIpc) is 0.918. The van der Waals surface area contributed by atoms with Crippen molar-refractivity contribution in [2.24, 2.45) is 0 Å². The van der Waals surface area contributed by atoms with E-state index in [0.717, 1.165) is 0 Å². The predicted molar refractivity (Wildman–Crippen MR) is 27.7 cm³/mol.